The first-order valence-electron chi connectivity index (χ1n) is 8.72. The van der Waals surface area contributed by atoms with Gasteiger partial charge in [-0.3, -0.25) is 4.79 Å². The fraction of sp³-hybridized carbons (Fsp3) is 0.350. The van der Waals surface area contributed by atoms with E-state index in [1.165, 1.54) is 14.2 Å². The largest absolute Gasteiger partial charge is 0.496 e. The van der Waals surface area contributed by atoms with E-state index in [0.717, 1.165) is 11.8 Å². The van der Waals surface area contributed by atoms with Crippen LogP contribution in [0.3, 0.4) is 0 Å². The zero-order valence-corrected chi connectivity index (χ0v) is 17.2. The number of hydrogen-bond acceptors (Lipinski definition) is 6. The highest BCUT2D eigenvalue weighted by molar-refractivity contribution is 7.90. The highest BCUT2D eigenvalue weighted by Gasteiger charge is 2.15. The van der Waals surface area contributed by atoms with Gasteiger partial charge in [0.25, 0.3) is 5.91 Å². The van der Waals surface area contributed by atoms with Gasteiger partial charge in [-0.25, -0.2) is 8.42 Å². The standard InChI is InChI=1S/C20H25NO6S/c1-5-19(14-6-8-18(9-7-14)28(4,23)24)21-20(22)13-27-17-11-15(25-2)10-16(12-17)26-3/h6-12,19H,5,13H2,1-4H3,(H,21,22)/t19-/m0/s1. The number of rotatable bonds is 9. The van der Waals surface area contributed by atoms with E-state index < -0.39 is 9.84 Å². The van der Waals surface area contributed by atoms with Crippen molar-refractivity contribution in [1.82, 2.24) is 5.32 Å². The average molecular weight is 407 g/mol. The summed E-state index contributed by atoms with van der Waals surface area (Å²) in [5, 5.41) is 2.89. The van der Waals surface area contributed by atoms with E-state index in [1.807, 2.05) is 6.92 Å². The van der Waals surface area contributed by atoms with Crippen molar-refractivity contribution in [3.8, 4) is 17.2 Å². The van der Waals surface area contributed by atoms with E-state index in [4.69, 9.17) is 14.2 Å². The van der Waals surface area contributed by atoms with Gasteiger partial charge < -0.3 is 19.5 Å². The molecule has 0 fully saturated rings. The van der Waals surface area contributed by atoms with Gasteiger partial charge in [-0.15, -0.1) is 0 Å². The van der Waals surface area contributed by atoms with Gasteiger partial charge in [0.2, 0.25) is 0 Å². The second kappa shape index (κ2) is 9.45. The van der Waals surface area contributed by atoms with Crippen LogP contribution in [-0.2, 0) is 14.6 Å². The Labute approximate surface area is 165 Å². The van der Waals surface area contributed by atoms with Gasteiger partial charge in [-0.05, 0) is 24.1 Å². The van der Waals surface area contributed by atoms with Gasteiger partial charge in [0.05, 0.1) is 25.2 Å². The summed E-state index contributed by atoms with van der Waals surface area (Å²) < 4.78 is 39.0. The highest BCUT2D eigenvalue weighted by Crippen LogP contribution is 2.27. The Kier molecular flexibility index (Phi) is 7.28. The summed E-state index contributed by atoms with van der Waals surface area (Å²) in [7, 11) is -0.186. The van der Waals surface area contributed by atoms with Crippen LogP contribution >= 0.6 is 0 Å². The number of amides is 1. The number of methoxy groups -OCH3 is 2. The van der Waals surface area contributed by atoms with Crippen LogP contribution in [-0.4, -0.2) is 41.4 Å². The van der Waals surface area contributed by atoms with Crippen molar-refractivity contribution in [2.45, 2.75) is 24.3 Å². The Morgan fingerprint density at radius 2 is 1.54 bits per heavy atom. The fourth-order valence-electron chi connectivity index (χ4n) is 2.62. The van der Waals surface area contributed by atoms with Crippen LogP contribution in [0.1, 0.15) is 24.9 Å². The molecule has 0 saturated heterocycles. The van der Waals surface area contributed by atoms with E-state index in [0.29, 0.717) is 23.7 Å². The lowest BCUT2D eigenvalue weighted by atomic mass is 10.0. The highest BCUT2D eigenvalue weighted by atomic mass is 32.2. The first kappa shape index (κ1) is 21.6. The Hall–Kier alpha value is -2.74. The van der Waals surface area contributed by atoms with Crippen molar-refractivity contribution in [3.63, 3.8) is 0 Å². The monoisotopic (exact) mass is 407 g/mol. The summed E-state index contributed by atoms with van der Waals surface area (Å²) in [5.41, 5.74) is 0.825. The van der Waals surface area contributed by atoms with Gasteiger partial charge in [0.15, 0.2) is 16.4 Å². The minimum absolute atomic E-state index is 0.172. The third kappa shape index (κ3) is 5.88. The van der Waals surface area contributed by atoms with Gasteiger partial charge in [0.1, 0.15) is 17.2 Å². The fourth-order valence-corrected chi connectivity index (χ4v) is 3.25. The first-order valence-corrected chi connectivity index (χ1v) is 10.6. The lowest BCUT2D eigenvalue weighted by Crippen LogP contribution is -2.32. The summed E-state index contributed by atoms with van der Waals surface area (Å²) in [6.07, 6.45) is 1.81. The van der Waals surface area contributed by atoms with Crippen molar-refractivity contribution >= 4 is 15.7 Å². The Morgan fingerprint density at radius 3 is 2.00 bits per heavy atom. The number of nitrogens with one attached hydrogen (secondary N) is 1. The van der Waals surface area contributed by atoms with Crippen molar-refractivity contribution in [2.24, 2.45) is 0 Å². The van der Waals surface area contributed by atoms with E-state index in [-0.39, 0.29) is 23.5 Å². The van der Waals surface area contributed by atoms with Crippen LogP contribution in [0.4, 0.5) is 0 Å². The first-order chi connectivity index (χ1) is 13.3. The minimum atomic E-state index is -3.25. The maximum atomic E-state index is 12.3. The van der Waals surface area contributed by atoms with E-state index in [1.54, 1.807) is 42.5 Å². The molecule has 0 spiro atoms. The number of benzene rings is 2. The maximum Gasteiger partial charge on any atom is 0.258 e. The Balaban J connectivity index is 2.01. The SMILES string of the molecule is CC[C@H](NC(=O)COc1cc(OC)cc(OC)c1)c1ccc(S(C)(=O)=O)cc1. The molecule has 0 unspecified atom stereocenters. The minimum Gasteiger partial charge on any atom is -0.496 e. The molecule has 0 aliphatic carbocycles. The Bertz CT molecular complexity index is 887. The summed E-state index contributed by atoms with van der Waals surface area (Å²) in [4.78, 5) is 12.5. The number of carbonyl (C=O) groups is 1. The van der Waals surface area contributed by atoms with Gasteiger partial charge >= 0.3 is 0 Å². The molecule has 1 atom stereocenters. The van der Waals surface area contributed by atoms with E-state index in [2.05, 4.69) is 5.32 Å². The zero-order chi connectivity index (χ0) is 20.7. The summed E-state index contributed by atoms with van der Waals surface area (Å²) in [6, 6.07) is 11.3. The molecule has 1 amide bonds. The van der Waals surface area contributed by atoms with E-state index >= 15 is 0 Å². The molecular weight excluding hydrogens is 382 g/mol. The van der Waals surface area contributed by atoms with Gasteiger partial charge in [-0.1, -0.05) is 19.1 Å². The topological polar surface area (TPSA) is 90.9 Å². The molecule has 1 N–H and O–H groups in total. The molecule has 2 aromatic carbocycles. The molecule has 7 nitrogen and oxygen atoms in total. The smallest absolute Gasteiger partial charge is 0.258 e. The summed E-state index contributed by atoms with van der Waals surface area (Å²) in [6.45, 7) is 1.76. The van der Waals surface area contributed by atoms with Gasteiger partial charge in [0, 0.05) is 24.5 Å². The van der Waals surface area contributed by atoms with Crippen LogP contribution in [0, 0.1) is 0 Å². The lowest BCUT2D eigenvalue weighted by molar-refractivity contribution is -0.123. The van der Waals surface area contributed by atoms with Crippen molar-refractivity contribution in [2.75, 3.05) is 27.1 Å². The molecule has 0 saturated carbocycles. The van der Waals surface area contributed by atoms with Crippen molar-refractivity contribution < 1.29 is 27.4 Å². The van der Waals surface area contributed by atoms with Crippen LogP contribution in [0.15, 0.2) is 47.4 Å². The predicted octanol–water partition coefficient (Wildman–Crippen LogP) is 2.75. The van der Waals surface area contributed by atoms with Crippen LogP contribution in [0.5, 0.6) is 17.2 Å². The van der Waals surface area contributed by atoms with Crippen LogP contribution < -0.4 is 19.5 Å². The lowest BCUT2D eigenvalue weighted by Gasteiger charge is -2.18. The third-order valence-corrected chi connectivity index (χ3v) is 5.28. The molecule has 2 aromatic rings. The number of sulfone groups is 1. The molecular formula is C20H25NO6S. The van der Waals surface area contributed by atoms with Crippen molar-refractivity contribution in [3.05, 3.63) is 48.0 Å². The second-order valence-electron chi connectivity index (χ2n) is 6.21. The molecule has 0 bridgehead atoms. The molecule has 0 radical (unpaired) electrons. The number of ether oxygens (including phenoxy) is 3. The molecule has 0 aliphatic rings. The van der Waals surface area contributed by atoms with Crippen molar-refractivity contribution in [1.29, 1.82) is 0 Å². The number of hydrogen-bond donors (Lipinski definition) is 1. The molecule has 28 heavy (non-hydrogen) atoms. The maximum absolute atomic E-state index is 12.3. The molecule has 0 aromatic heterocycles. The van der Waals surface area contributed by atoms with Crippen LogP contribution in [0.25, 0.3) is 0 Å². The molecule has 152 valence electrons. The Morgan fingerprint density at radius 1 is 1.00 bits per heavy atom. The molecule has 0 heterocycles. The second-order valence-corrected chi connectivity index (χ2v) is 8.22. The normalized spacial score (nSPS) is 12.1. The summed E-state index contributed by atoms with van der Waals surface area (Å²) in [5.74, 6) is 1.29. The molecule has 0 aliphatic heterocycles. The molecule has 2 rings (SSSR count). The van der Waals surface area contributed by atoms with Gasteiger partial charge in [-0.2, -0.15) is 0 Å². The third-order valence-electron chi connectivity index (χ3n) is 4.15. The van der Waals surface area contributed by atoms with Crippen LogP contribution in [0.2, 0.25) is 0 Å². The predicted molar refractivity (Wildman–Crippen MR) is 106 cm³/mol. The zero-order valence-electron chi connectivity index (χ0n) is 16.4. The number of carbonyl (C=O) groups excluding carboxylic acids is 1. The van der Waals surface area contributed by atoms with E-state index in [9.17, 15) is 13.2 Å². The quantitative estimate of drug-likeness (QED) is 0.687. The summed E-state index contributed by atoms with van der Waals surface area (Å²) >= 11 is 0. The average Bonchev–Trinajstić information content (AvgIpc) is 2.69. The molecule has 8 heteroatoms.